The number of rotatable bonds is 5. The van der Waals surface area contributed by atoms with Gasteiger partial charge < -0.3 is 9.26 Å². The Morgan fingerprint density at radius 3 is 2.57 bits per heavy atom. The van der Waals surface area contributed by atoms with E-state index in [0.717, 1.165) is 17.7 Å². The fourth-order valence-corrected chi connectivity index (χ4v) is 1.96. The highest BCUT2D eigenvalue weighted by Gasteiger charge is 2.19. The molecule has 0 fully saturated rings. The number of ether oxygens (including phenoxy) is 1. The molecule has 5 heteroatoms. The van der Waals surface area contributed by atoms with Crippen molar-refractivity contribution in [1.29, 1.82) is 0 Å². The average Bonchev–Trinajstić information content (AvgIpc) is 3.04. The topological polar surface area (TPSA) is 61.0 Å². The minimum absolute atomic E-state index is 0.254. The third kappa shape index (κ3) is 3.08. The van der Waals surface area contributed by atoms with Crippen molar-refractivity contribution in [2.24, 2.45) is 0 Å². The van der Waals surface area contributed by atoms with Crippen LogP contribution in [0.4, 0.5) is 0 Å². The summed E-state index contributed by atoms with van der Waals surface area (Å²) in [5.41, 5.74) is 0.870. The highest BCUT2D eigenvalue weighted by Crippen LogP contribution is 2.25. The van der Waals surface area contributed by atoms with Crippen LogP contribution in [0.25, 0.3) is 11.4 Å². The SMILES string of the molecule is CC[C@H](Oc1ccccc1)c1nc(-c2ccncc2)no1. The summed E-state index contributed by atoms with van der Waals surface area (Å²) in [5, 5.41) is 4.00. The van der Waals surface area contributed by atoms with Crippen LogP contribution < -0.4 is 4.74 Å². The zero-order valence-electron chi connectivity index (χ0n) is 11.6. The Morgan fingerprint density at radius 1 is 1.10 bits per heavy atom. The Hall–Kier alpha value is -2.69. The summed E-state index contributed by atoms with van der Waals surface area (Å²) >= 11 is 0. The summed E-state index contributed by atoms with van der Waals surface area (Å²) in [6, 6.07) is 13.3. The lowest BCUT2D eigenvalue weighted by atomic mass is 10.2. The molecular weight excluding hydrogens is 266 g/mol. The summed E-state index contributed by atoms with van der Waals surface area (Å²) in [4.78, 5) is 8.39. The van der Waals surface area contributed by atoms with Crippen LogP contribution in [0, 0.1) is 0 Å². The maximum atomic E-state index is 5.89. The van der Waals surface area contributed by atoms with Crippen molar-refractivity contribution in [3.63, 3.8) is 0 Å². The first-order valence-corrected chi connectivity index (χ1v) is 6.82. The zero-order chi connectivity index (χ0) is 14.5. The Morgan fingerprint density at radius 2 is 1.86 bits per heavy atom. The highest BCUT2D eigenvalue weighted by molar-refractivity contribution is 5.52. The van der Waals surface area contributed by atoms with Crippen LogP contribution in [0.1, 0.15) is 25.3 Å². The minimum Gasteiger partial charge on any atom is -0.481 e. The van der Waals surface area contributed by atoms with Gasteiger partial charge in [0.05, 0.1) is 0 Å². The molecule has 2 aromatic heterocycles. The van der Waals surface area contributed by atoms with Crippen molar-refractivity contribution >= 4 is 0 Å². The van der Waals surface area contributed by atoms with E-state index in [1.165, 1.54) is 0 Å². The van der Waals surface area contributed by atoms with E-state index in [1.807, 2.05) is 49.4 Å². The quantitative estimate of drug-likeness (QED) is 0.714. The standard InChI is InChI=1S/C16H15N3O2/c1-2-14(20-13-6-4-3-5-7-13)16-18-15(19-21-16)12-8-10-17-11-9-12/h3-11,14H,2H2,1H3/t14-/m0/s1. The maximum absolute atomic E-state index is 5.89. The van der Waals surface area contributed by atoms with E-state index in [1.54, 1.807) is 12.4 Å². The van der Waals surface area contributed by atoms with Crippen LogP contribution in [0.5, 0.6) is 5.75 Å². The molecule has 0 radical (unpaired) electrons. The first-order chi connectivity index (χ1) is 10.4. The Bertz CT molecular complexity index is 683. The molecule has 0 saturated carbocycles. The van der Waals surface area contributed by atoms with Crippen LogP contribution >= 0.6 is 0 Å². The van der Waals surface area contributed by atoms with Gasteiger partial charge in [0.15, 0.2) is 6.10 Å². The molecular formula is C16H15N3O2. The van der Waals surface area contributed by atoms with Crippen LogP contribution in [0.3, 0.4) is 0 Å². The fraction of sp³-hybridized carbons (Fsp3) is 0.188. The van der Waals surface area contributed by atoms with E-state index in [2.05, 4.69) is 15.1 Å². The molecule has 0 bridgehead atoms. The number of benzene rings is 1. The first kappa shape index (κ1) is 13.3. The van der Waals surface area contributed by atoms with Gasteiger partial charge in [-0.15, -0.1) is 0 Å². The van der Waals surface area contributed by atoms with Crippen molar-refractivity contribution in [2.75, 3.05) is 0 Å². The summed E-state index contributed by atoms with van der Waals surface area (Å²) in [6.45, 7) is 2.02. The number of hydrogen-bond acceptors (Lipinski definition) is 5. The van der Waals surface area contributed by atoms with E-state index in [0.29, 0.717) is 11.7 Å². The van der Waals surface area contributed by atoms with Crippen LogP contribution in [0.2, 0.25) is 0 Å². The van der Waals surface area contributed by atoms with Gasteiger partial charge in [0.25, 0.3) is 5.89 Å². The average molecular weight is 281 g/mol. The number of hydrogen-bond donors (Lipinski definition) is 0. The van der Waals surface area contributed by atoms with Crippen molar-refractivity contribution in [3.05, 3.63) is 60.7 Å². The second-order valence-electron chi connectivity index (χ2n) is 4.52. The molecule has 106 valence electrons. The monoisotopic (exact) mass is 281 g/mol. The lowest BCUT2D eigenvalue weighted by Gasteiger charge is -2.13. The Kier molecular flexibility index (Phi) is 3.91. The molecule has 2 heterocycles. The number of aromatic nitrogens is 3. The van der Waals surface area contributed by atoms with Gasteiger partial charge >= 0.3 is 0 Å². The molecule has 0 saturated heterocycles. The minimum atomic E-state index is -0.254. The van der Waals surface area contributed by atoms with E-state index in [-0.39, 0.29) is 6.10 Å². The first-order valence-electron chi connectivity index (χ1n) is 6.82. The van der Waals surface area contributed by atoms with Crippen LogP contribution in [-0.4, -0.2) is 15.1 Å². The summed E-state index contributed by atoms with van der Waals surface area (Å²) in [6.07, 6.45) is 3.88. The van der Waals surface area contributed by atoms with E-state index in [4.69, 9.17) is 9.26 Å². The molecule has 3 rings (SSSR count). The van der Waals surface area contributed by atoms with Crippen molar-refractivity contribution in [1.82, 2.24) is 15.1 Å². The molecule has 21 heavy (non-hydrogen) atoms. The van der Waals surface area contributed by atoms with E-state index in [9.17, 15) is 0 Å². The molecule has 1 aromatic carbocycles. The molecule has 0 spiro atoms. The van der Waals surface area contributed by atoms with Gasteiger partial charge in [0.1, 0.15) is 5.75 Å². The summed E-state index contributed by atoms with van der Waals surface area (Å²) in [7, 11) is 0. The fourth-order valence-electron chi connectivity index (χ4n) is 1.96. The molecule has 0 amide bonds. The molecule has 0 aliphatic rings. The van der Waals surface area contributed by atoms with Crippen LogP contribution in [-0.2, 0) is 0 Å². The lowest BCUT2D eigenvalue weighted by molar-refractivity contribution is 0.154. The summed E-state index contributed by atoms with van der Waals surface area (Å²) in [5.74, 6) is 1.81. The molecule has 0 aliphatic carbocycles. The van der Waals surface area contributed by atoms with Gasteiger partial charge in [-0.25, -0.2) is 0 Å². The number of nitrogens with zero attached hydrogens (tertiary/aromatic N) is 3. The third-order valence-electron chi connectivity index (χ3n) is 3.05. The molecule has 0 aliphatic heterocycles. The van der Waals surface area contributed by atoms with Gasteiger partial charge in [-0.3, -0.25) is 4.98 Å². The van der Waals surface area contributed by atoms with Gasteiger partial charge in [0, 0.05) is 18.0 Å². The number of pyridine rings is 1. The molecule has 5 nitrogen and oxygen atoms in total. The molecule has 1 atom stereocenters. The third-order valence-corrected chi connectivity index (χ3v) is 3.05. The Balaban J connectivity index is 1.81. The smallest absolute Gasteiger partial charge is 0.268 e. The van der Waals surface area contributed by atoms with Crippen molar-refractivity contribution in [3.8, 4) is 17.1 Å². The second-order valence-corrected chi connectivity index (χ2v) is 4.52. The molecule has 0 N–H and O–H groups in total. The zero-order valence-corrected chi connectivity index (χ0v) is 11.6. The lowest BCUT2D eigenvalue weighted by Crippen LogP contribution is -2.06. The largest absolute Gasteiger partial charge is 0.481 e. The Labute approximate surface area is 122 Å². The normalized spacial score (nSPS) is 12.0. The van der Waals surface area contributed by atoms with Gasteiger partial charge in [-0.05, 0) is 30.7 Å². The van der Waals surface area contributed by atoms with Gasteiger partial charge in [-0.2, -0.15) is 4.98 Å². The molecule has 0 unspecified atom stereocenters. The van der Waals surface area contributed by atoms with E-state index < -0.39 is 0 Å². The van der Waals surface area contributed by atoms with Gasteiger partial charge in [-0.1, -0.05) is 30.3 Å². The maximum Gasteiger partial charge on any atom is 0.268 e. The van der Waals surface area contributed by atoms with Crippen molar-refractivity contribution in [2.45, 2.75) is 19.4 Å². The van der Waals surface area contributed by atoms with Crippen molar-refractivity contribution < 1.29 is 9.26 Å². The second kappa shape index (κ2) is 6.17. The number of para-hydroxylation sites is 1. The predicted molar refractivity (Wildman–Crippen MR) is 77.6 cm³/mol. The highest BCUT2D eigenvalue weighted by atomic mass is 16.5. The predicted octanol–water partition coefficient (Wildman–Crippen LogP) is 3.66. The van der Waals surface area contributed by atoms with Crippen LogP contribution in [0.15, 0.2) is 59.4 Å². The summed E-state index contributed by atoms with van der Waals surface area (Å²) < 4.78 is 11.2. The van der Waals surface area contributed by atoms with Gasteiger partial charge in [0.2, 0.25) is 5.82 Å². The molecule has 3 aromatic rings. The van der Waals surface area contributed by atoms with E-state index >= 15 is 0 Å².